The van der Waals surface area contributed by atoms with Crippen LogP contribution in [0.5, 0.6) is 0 Å². The van der Waals surface area contributed by atoms with E-state index in [1.54, 1.807) is 0 Å². The van der Waals surface area contributed by atoms with Crippen molar-refractivity contribution in [2.24, 2.45) is 0 Å². The highest BCUT2D eigenvalue weighted by Crippen LogP contribution is 2.12. The molecule has 21 heavy (non-hydrogen) atoms. The van der Waals surface area contributed by atoms with Crippen molar-refractivity contribution in [2.75, 3.05) is 6.54 Å². The first-order valence-electron chi connectivity index (χ1n) is 7.74. The van der Waals surface area contributed by atoms with Crippen LogP contribution < -0.4 is 4.72 Å². The van der Waals surface area contributed by atoms with Crippen molar-refractivity contribution in [2.45, 2.75) is 69.9 Å². The lowest BCUT2D eigenvalue weighted by molar-refractivity contribution is 0.278. The lowest BCUT2D eigenvalue weighted by Crippen LogP contribution is -2.26. The van der Waals surface area contributed by atoms with Gasteiger partial charge in [-0.25, -0.2) is 13.1 Å². The van der Waals surface area contributed by atoms with Crippen molar-refractivity contribution in [1.82, 2.24) is 14.9 Å². The average molecular weight is 317 g/mol. The van der Waals surface area contributed by atoms with Gasteiger partial charge in [0.1, 0.15) is 0 Å². The smallest absolute Gasteiger partial charge is 0.257 e. The number of hydrogen-bond donors (Lipinski definition) is 3. The van der Waals surface area contributed by atoms with E-state index in [0.717, 1.165) is 19.3 Å². The Hall–Kier alpha value is -0.920. The molecule has 1 heterocycles. The maximum absolute atomic E-state index is 12.0. The van der Waals surface area contributed by atoms with Crippen LogP contribution in [0, 0.1) is 0 Å². The minimum atomic E-state index is -3.59. The average Bonchev–Trinajstić information content (AvgIpc) is 2.95. The van der Waals surface area contributed by atoms with Gasteiger partial charge in [0.2, 0.25) is 0 Å². The summed E-state index contributed by atoms with van der Waals surface area (Å²) in [7, 11) is -3.59. The minimum absolute atomic E-state index is 0.0374. The molecular formula is C14H27N3O3S. The number of rotatable bonds is 12. The Morgan fingerprint density at radius 3 is 2.38 bits per heavy atom. The molecule has 0 spiro atoms. The van der Waals surface area contributed by atoms with Crippen molar-refractivity contribution >= 4 is 10.0 Å². The molecule has 1 rings (SSSR count). The normalized spacial score (nSPS) is 11.9. The molecule has 6 nitrogen and oxygen atoms in total. The summed E-state index contributed by atoms with van der Waals surface area (Å²) >= 11 is 0. The number of aliphatic hydroxyl groups is 1. The van der Waals surface area contributed by atoms with Gasteiger partial charge in [-0.15, -0.1) is 0 Å². The van der Waals surface area contributed by atoms with Crippen LogP contribution in [0.1, 0.15) is 63.9 Å². The fourth-order valence-electron chi connectivity index (χ4n) is 2.18. The highest BCUT2D eigenvalue weighted by Gasteiger charge is 2.19. The first kappa shape index (κ1) is 18.1. The van der Waals surface area contributed by atoms with Gasteiger partial charge in [-0.05, 0) is 6.42 Å². The molecule has 0 atom stereocenters. The number of nitrogens with one attached hydrogen (secondary N) is 2. The van der Waals surface area contributed by atoms with Crippen LogP contribution in [0.2, 0.25) is 0 Å². The maximum Gasteiger partial charge on any atom is 0.257 e. The Labute approximate surface area is 127 Å². The quantitative estimate of drug-likeness (QED) is 0.516. The topological polar surface area (TPSA) is 95.1 Å². The van der Waals surface area contributed by atoms with Crippen LogP contribution >= 0.6 is 0 Å². The highest BCUT2D eigenvalue weighted by atomic mass is 32.2. The second-order valence-electron chi connectivity index (χ2n) is 5.26. The Morgan fingerprint density at radius 2 is 1.76 bits per heavy atom. The van der Waals surface area contributed by atoms with Gasteiger partial charge in [-0.1, -0.05) is 51.9 Å². The number of sulfonamides is 1. The number of nitrogens with zero attached hydrogens (tertiary/aromatic N) is 1. The Bertz CT molecular complexity index is 485. The van der Waals surface area contributed by atoms with E-state index in [9.17, 15) is 8.42 Å². The van der Waals surface area contributed by atoms with Gasteiger partial charge in [0.15, 0.2) is 5.03 Å². The van der Waals surface area contributed by atoms with Gasteiger partial charge in [0.25, 0.3) is 10.0 Å². The lowest BCUT2D eigenvalue weighted by atomic mass is 10.1. The van der Waals surface area contributed by atoms with Crippen molar-refractivity contribution in [3.63, 3.8) is 0 Å². The molecule has 0 radical (unpaired) electrons. The van der Waals surface area contributed by atoms with E-state index in [2.05, 4.69) is 21.8 Å². The van der Waals surface area contributed by atoms with Gasteiger partial charge in [0, 0.05) is 12.1 Å². The summed E-state index contributed by atoms with van der Waals surface area (Å²) in [4.78, 5) is 0. The number of hydrogen-bond acceptors (Lipinski definition) is 4. The Kier molecular flexibility index (Phi) is 8.56. The zero-order chi connectivity index (χ0) is 15.6. The standard InChI is InChI=1S/C14H27N3O3S/c1-2-3-4-5-6-7-8-9-10-16-21(19,20)14-13(12-18)11-15-17-14/h11,16,18H,2-10,12H2,1H3,(H,15,17). The third-order valence-corrected chi connectivity index (χ3v) is 4.91. The second kappa shape index (κ2) is 9.92. The monoisotopic (exact) mass is 317 g/mol. The molecule has 0 aliphatic heterocycles. The fourth-order valence-corrected chi connectivity index (χ4v) is 3.37. The number of H-pyrrole nitrogens is 1. The molecule has 0 aliphatic carbocycles. The zero-order valence-electron chi connectivity index (χ0n) is 12.8. The molecule has 122 valence electrons. The number of aliphatic hydroxyl groups excluding tert-OH is 1. The van der Waals surface area contributed by atoms with Crippen molar-refractivity contribution in [3.05, 3.63) is 11.8 Å². The highest BCUT2D eigenvalue weighted by molar-refractivity contribution is 7.89. The fraction of sp³-hybridized carbons (Fsp3) is 0.786. The SMILES string of the molecule is CCCCCCCCCCNS(=O)(=O)c1[nH]ncc1CO. The predicted octanol–water partition coefficient (Wildman–Crippen LogP) is 2.32. The van der Waals surface area contributed by atoms with E-state index in [1.807, 2.05) is 0 Å². The van der Waals surface area contributed by atoms with Gasteiger partial charge < -0.3 is 5.11 Å². The van der Waals surface area contributed by atoms with Crippen molar-refractivity contribution in [1.29, 1.82) is 0 Å². The van der Waals surface area contributed by atoms with Crippen LogP contribution in [0.15, 0.2) is 11.2 Å². The first-order valence-corrected chi connectivity index (χ1v) is 9.23. The summed E-state index contributed by atoms with van der Waals surface area (Å²) in [6, 6.07) is 0. The summed E-state index contributed by atoms with van der Waals surface area (Å²) in [5.74, 6) is 0. The summed E-state index contributed by atoms with van der Waals surface area (Å²) < 4.78 is 26.5. The third kappa shape index (κ3) is 6.58. The molecule has 0 fully saturated rings. The second-order valence-corrected chi connectivity index (χ2v) is 6.96. The van der Waals surface area contributed by atoms with E-state index >= 15 is 0 Å². The predicted molar refractivity (Wildman–Crippen MR) is 82.3 cm³/mol. The Balaban J connectivity index is 2.17. The Morgan fingerprint density at radius 1 is 1.14 bits per heavy atom. The molecular weight excluding hydrogens is 290 g/mol. The van der Waals surface area contributed by atoms with E-state index in [1.165, 1.54) is 38.3 Å². The lowest BCUT2D eigenvalue weighted by Gasteiger charge is -2.06. The minimum Gasteiger partial charge on any atom is -0.392 e. The molecule has 0 bridgehead atoms. The maximum atomic E-state index is 12.0. The molecule has 3 N–H and O–H groups in total. The molecule has 7 heteroatoms. The van der Waals surface area contributed by atoms with Gasteiger partial charge in [-0.3, -0.25) is 5.10 Å². The van der Waals surface area contributed by atoms with Crippen molar-refractivity contribution < 1.29 is 13.5 Å². The molecule has 0 saturated heterocycles. The van der Waals surface area contributed by atoms with E-state index in [0.29, 0.717) is 12.1 Å². The summed E-state index contributed by atoms with van der Waals surface area (Å²) in [5, 5.41) is 15.1. The van der Waals surface area contributed by atoms with Gasteiger partial charge in [0.05, 0.1) is 12.8 Å². The van der Waals surface area contributed by atoms with Crippen LogP contribution in [-0.2, 0) is 16.6 Å². The van der Waals surface area contributed by atoms with Crippen LogP contribution in [0.3, 0.4) is 0 Å². The molecule has 0 unspecified atom stereocenters. The molecule has 0 aliphatic rings. The van der Waals surface area contributed by atoms with Crippen LogP contribution in [0.4, 0.5) is 0 Å². The number of unbranched alkanes of at least 4 members (excludes halogenated alkanes) is 7. The zero-order valence-corrected chi connectivity index (χ0v) is 13.6. The largest absolute Gasteiger partial charge is 0.392 e. The van der Waals surface area contributed by atoms with Crippen molar-refractivity contribution in [3.8, 4) is 0 Å². The molecule has 0 saturated carbocycles. The van der Waals surface area contributed by atoms with Crippen LogP contribution in [0.25, 0.3) is 0 Å². The summed E-state index contributed by atoms with van der Waals surface area (Å²) in [5.41, 5.74) is 0.290. The van der Waals surface area contributed by atoms with Crippen LogP contribution in [-0.4, -0.2) is 30.3 Å². The number of aromatic amines is 1. The molecule has 1 aromatic rings. The van der Waals surface area contributed by atoms with Gasteiger partial charge in [-0.2, -0.15) is 5.10 Å². The number of aromatic nitrogens is 2. The van der Waals surface area contributed by atoms with E-state index < -0.39 is 10.0 Å². The van der Waals surface area contributed by atoms with Gasteiger partial charge >= 0.3 is 0 Å². The first-order chi connectivity index (χ1) is 10.1. The third-order valence-electron chi connectivity index (χ3n) is 3.44. The molecule has 1 aromatic heterocycles. The molecule has 0 aromatic carbocycles. The van der Waals surface area contributed by atoms with E-state index in [4.69, 9.17) is 5.11 Å². The summed E-state index contributed by atoms with van der Waals surface area (Å²) in [6.07, 6.45) is 10.7. The summed E-state index contributed by atoms with van der Waals surface area (Å²) in [6.45, 7) is 2.28. The van der Waals surface area contributed by atoms with E-state index in [-0.39, 0.29) is 11.6 Å². The molecule has 0 amide bonds.